The molecule has 0 radical (unpaired) electrons. The molecule has 2 aromatic rings. The van der Waals surface area contributed by atoms with Gasteiger partial charge in [0, 0.05) is 16.7 Å². The summed E-state index contributed by atoms with van der Waals surface area (Å²) in [5.41, 5.74) is -3.46. The van der Waals surface area contributed by atoms with E-state index >= 15 is 0 Å². The summed E-state index contributed by atoms with van der Waals surface area (Å²) in [5.74, 6) is -2.20. The average molecular weight is 587 g/mol. The summed E-state index contributed by atoms with van der Waals surface area (Å²) < 4.78 is 85.3. The van der Waals surface area contributed by atoms with Gasteiger partial charge in [-0.05, 0) is 23.8 Å². The van der Waals surface area contributed by atoms with Gasteiger partial charge in [-0.2, -0.15) is 13.2 Å². The van der Waals surface area contributed by atoms with E-state index in [1.54, 1.807) is 6.07 Å². The van der Waals surface area contributed by atoms with Gasteiger partial charge >= 0.3 is 6.18 Å². The molecule has 1 aromatic carbocycles. The predicted octanol–water partition coefficient (Wildman–Crippen LogP) is 4.39. The van der Waals surface area contributed by atoms with Crippen LogP contribution in [0, 0.1) is 5.82 Å². The molecule has 7 nitrogen and oxygen atoms in total. The molecule has 0 aliphatic carbocycles. The topological polar surface area (TPSA) is 85.3 Å². The smallest absolute Gasteiger partial charge is 0.374 e. The first-order chi connectivity index (χ1) is 16.6. The zero-order chi connectivity index (χ0) is 26.3. The standard InChI is InChI=1S/C21H16Cl2F4N2O5S2/c1-36(31,32)7-16(30)29-8-19(9-29)18-10(6-33-19)2-15(35-18)14-5-20(34-28-14,21(25,26)27)11-3-12(22)17(24)13(23)4-11/h2-4H,5-9H2,1H3. The summed E-state index contributed by atoms with van der Waals surface area (Å²) >= 11 is 12.7. The molecule has 1 unspecified atom stereocenters. The van der Waals surface area contributed by atoms with Crippen molar-refractivity contribution in [2.24, 2.45) is 5.16 Å². The van der Waals surface area contributed by atoms with Crippen molar-refractivity contribution in [1.29, 1.82) is 0 Å². The summed E-state index contributed by atoms with van der Waals surface area (Å²) in [6.07, 6.45) is -4.65. The minimum absolute atomic E-state index is 0.0303. The summed E-state index contributed by atoms with van der Waals surface area (Å²) in [6.45, 7) is 0.453. The van der Waals surface area contributed by atoms with E-state index < -0.39 is 66.7 Å². The van der Waals surface area contributed by atoms with Crippen molar-refractivity contribution in [3.8, 4) is 0 Å². The lowest BCUT2D eigenvalue weighted by molar-refractivity contribution is -0.275. The van der Waals surface area contributed by atoms with E-state index in [9.17, 15) is 30.8 Å². The van der Waals surface area contributed by atoms with Gasteiger partial charge < -0.3 is 14.5 Å². The number of hydrogen-bond donors (Lipinski definition) is 0. The van der Waals surface area contributed by atoms with Gasteiger partial charge in [-0.1, -0.05) is 28.4 Å². The summed E-state index contributed by atoms with van der Waals surface area (Å²) in [6, 6.07) is 3.31. The van der Waals surface area contributed by atoms with E-state index in [1.807, 2.05) is 0 Å². The van der Waals surface area contributed by atoms with Gasteiger partial charge in [0.2, 0.25) is 5.91 Å². The monoisotopic (exact) mass is 586 g/mol. The molecule has 1 atom stereocenters. The summed E-state index contributed by atoms with van der Waals surface area (Å²) in [4.78, 5) is 19.7. The van der Waals surface area contributed by atoms with Crippen molar-refractivity contribution in [2.45, 2.75) is 30.4 Å². The molecule has 5 rings (SSSR count). The van der Waals surface area contributed by atoms with Crippen molar-refractivity contribution in [3.05, 3.63) is 54.9 Å². The van der Waals surface area contributed by atoms with Crippen molar-refractivity contribution >= 4 is 56.0 Å². The second kappa shape index (κ2) is 8.29. The van der Waals surface area contributed by atoms with Crippen LogP contribution in [0.5, 0.6) is 0 Å². The van der Waals surface area contributed by atoms with Crippen LogP contribution in [0.4, 0.5) is 17.6 Å². The Morgan fingerprint density at radius 3 is 2.44 bits per heavy atom. The normalized spacial score (nSPS) is 22.9. The molecule has 0 bridgehead atoms. The Morgan fingerprint density at radius 2 is 1.86 bits per heavy atom. The highest BCUT2D eigenvalue weighted by molar-refractivity contribution is 7.91. The predicted molar refractivity (Wildman–Crippen MR) is 123 cm³/mol. The molecule has 0 saturated carbocycles. The van der Waals surface area contributed by atoms with E-state index in [0.29, 0.717) is 4.88 Å². The second-order valence-electron chi connectivity index (χ2n) is 8.95. The quantitative estimate of drug-likeness (QED) is 0.392. The number of carbonyl (C=O) groups excluding carboxylic acids is 1. The zero-order valence-corrected chi connectivity index (χ0v) is 21.4. The number of carbonyl (C=O) groups is 1. The first kappa shape index (κ1) is 25.7. The Labute approximate surface area is 216 Å². The molecule has 15 heteroatoms. The molecule has 3 aliphatic heterocycles. The molecule has 194 valence electrons. The van der Waals surface area contributed by atoms with Gasteiger partial charge in [-0.15, -0.1) is 11.3 Å². The third-order valence-corrected chi connectivity index (χ3v) is 9.01. The molecule has 36 heavy (non-hydrogen) atoms. The van der Waals surface area contributed by atoms with E-state index in [2.05, 4.69) is 5.16 Å². The number of hydrogen-bond acceptors (Lipinski definition) is 7. The average Bonchev–Trinajstić information content (AvgIpc) is 3.41. The molecular weight excluding hydrogens is 571 g/mol. The van der Waals surface area contributed by atoms with Crippen LogP contribution in [0.25, 0.3) is 0 Å². The van der Waals surface area contributed by atoms with Gasteiger partial charge in [0.15, 0.2) is 15.7 Å². The van der Waals surface area contributed by atoms with Crippen LogP contribution in [-0.4, -0.2) is 56.2 Å². The number of fused-ring (bicyclic) bond motifs is 2. The Balaban J connectivity index is 1.39. The number of rotatable bonds is 4. The molecule has 4 heterocycles. The third kappa shape index (κ3) is 4.08. The van der Waals surface area contributed by atoms with E-state index in [1.165, 1.54) is 16.2 Å². The van der Waals surface area contributed by atoms with Gasteiger partial charge in [-0.25, -0.2) is 12.8 Å². The number of amides is 1. The molecule has 1 saturated heterocycles. The van der Waals surface area contributed by atoms with Crippen LogP contribution in [0.3, 0.4) is 0 Å². The van der Waals surface area contributed by atoms with Crippen LogP contribution in [-0.2, 0) is 42.0 Å². The van der Waals surface area contributed by atoms with Crippen molar-refractivity contribution in [2.75, 3.05) is 25.1 Å². The molecular formula is C21H16Cl2F4N2O5S2. The number of oxime groups is 1. The lowest BCUT2D eigenvalue weighted by Crippen LogP contribution is -2.61. The number of ether oxygens (including phenoxy) is 1. The number of halogens is 6. The van der Waals surface area contributed by atoms with E-state index in [4.69, 9.17) is 32.8 Å². The molecule has 3 aliphatic rings. The fourth-order valence-corrected chi connectivity index (χ4v) is 6.86. The molecule has 1 fully saturated rings. The number of alkyl halides is 3. The van der Waals surface area contributed by atoms with Crippen LogP contribution in [0.2, 0.25) is 10.0 Å². The summed E-state index contributed by atoms with van der Waals surface area (Å²) in [5, 5.41) is 2.57. The number of benzene rings is 1. The van der Waals surface area contributed by atoms with Gasteiger partial charge in [-0.3, -0.25) is 4.79 Å². The Kier molecular flexibility index (Phi) is 5.92. The van der Waals surface area contributed by atoms with Crippen LogP contribution < -0.4 is 0 Å². The fraction of sp³-hybridized carbons (Fsp3) is 0.429. The lowest BCUT2D eigenvalue weighted by atomic mass is 9.87. The largest absolute Gasteiger partial charge is 0.435 e. The molecule has 0 N–H and O–H groups in total. The van der Waals surface area contributed by atoms with Crippen molar-refractivity contribution in [3.63, 3.8) is 0 Å². The van der Waals surface area contributed by atoms with E-state index in [-0.39, 0.29) is 25.4 Å². The second-order valence-corrected chi connectivity index (χ2v) is 13.0. The van der Waals surface area contributed by atoms with Gasteiger partial charge in [0.25, 0.3) is 5.60 Å². The maximum Gasteiger partial charge on any atom is 0.435 e. The van der Waals surface area contributed by atoms with Crippen LogP contribution >= 0.6 is 34.5 Å². The van der Waals surface area contributed by atoms with E-state index in [0.717, 1.165) is 28.8 Å². The molecule has 1 aromatic heterocycles. The van der Waals surface area contributed by atoms with Gasteiger partial charge in [0.1, 0.15) is 17.1 Å². The highest BCUT2D eigenvalue weighted by atomic mass is 35.5. The number of sulfone groups is 1. The van der Waals surface area contributed by atoms with Gasteiger partial charge in [0.05, 0.1) is 41.0 Å². The minimum Gasteiger partial charge on any atom is -0.374 e. The van der Waals surface area contributed by atoms with Crippen LogP contribution in [0.1, 0.15) is 27.3 Å². The van der Waals surface area contributed by atoms with Crippen molar-refractivity contribution < 1.29 is 40.3 Å². The highest BCUT2D eigenvalue weighted by Crippen LogP contribution is 2.52. The number of thiophene rings is 1. The first-order valence-electron chi connectivity index (χ1n) is 10.3. The molecule has 1 spiro atoms. The Hall–Kier alpha value is -1.93. The van der Waals surface area contributed by atoms with Crippen LogP contribution in [0.15, 0.2) is 23.4 Å². The first-order valence-corrected chi connectivity index (χ1v) is 14.0. The maximum absolute atomic E-state index is 14.3. The Morgan fingerprint density at radius 1 is 1.22 bits per heavy atom. The fourth-order valence-electron chi connectivity index (χ4n) is 4.47. The summed E-state index contributed by atoms with van der Waals surface area (Å²) in [7, 11) is -3.49. The third-order valence-electron chi connectivity index (χ3n) is 6.28. The Bertz CT molecular complexity index is 1400. The highest BCUT2D eigenvalue weighted by Gasteiger charge is 2.63. The number of nitrogens with zero attached hydrogens (tertiary/aromatic N) is 2. The molecule has 1 amide bonds. The minimum atomic E-state index is -4.93. The maximum atomic E-state index is 14.3. The zero-order valence-electron chi connectivity index (χ0n) is 18.3. The number of likely N-dealkylation sites (tertiary alicyclic amines) is 1. The SMILES string of the molecule is CS(=O)(=O)CC(=O)N1CC2(C1)OCc1cc(C3=NOC(c4cc(Cl)c(F)c(Cl)c4)(C(F)(F)F)C3)sc12. The lowest BCUT2D eigenvalue weighted by Gasteiger charge is -2.46. The van der Waals surface area contributed by atoms with Crippen molar-refractivity contribution in [1.82, 2.24) is 4.90 Å².